The largest absolute Gasteiger partial charge is 0.308 e. The molecule has 0 fully saturated rings. The number of hydrogen-bond acceptors (Lipinski definition) is 4. The minimum absolute atomic E-state index is 0.338. The fraction of sp³-hybridized carbons (Fsp3) is 0. The number of nitriles is 1. The molecular formula is C38H22N4O2. The summed E-state index contributed by atoms with van der Waals surface area (Å²) in [6.07, 6.45) is 0. The first kappa shape index (κ1) is 25.4. The van der Waals surface area contributed by atoms with Crippen molar-refractivity contribution in [1.29, 1.82) is 5.26 Å². The lowest BCUT2D eigenvalue weighted by molar-refractivity contribution is 0.0926. The van der Waals surface area contributed by atoms with E-state index in [2.05, 4.69) is 21.7 Å². The number of hydrogen-bond donors (Lipinski definition) is 0. The Kier molecular flexibility index (Phi) is 5.71. The van der Waals surface area contributed by atoms with Gasteiger partial charge in [0, 0.05) is 16.3 Å². The minimum atomic E-state index is -0.365. The van der Waals surface area contributed by atoms with Crippen molar-refractivity contribution in [2.24, 2.45) is 0 Å². The molecule has 0 saturated heterocycles. The van der Waals surface area contributed by atoms with Gasteiger partial charge in [0.05, 0.1) is 39.2 Å². The molecule has 7 aromatic rings. The van der Waals surface area contributed by atoms with Crippen LogP contribution in [0.25, 0.3) is 49.9 Å². The number of aromatic nitrogens is 2. The molecule has 0 unspecified atom stereocenters. The number of benzene rings is 5. The minimum Gasteiger partial charge on any atom is -0.308 e. The number of amides is 2. The molecule has 6 nitrogen and oxygen atoms in total. The number of imide groups is 1. The van der Waals surface area contributed by atoms with E-state index in [1.807, 2.05) is 109 Å². The Bertz CT molecular complexity index is 2350. The monoisotopic (exact) mass is 566 g/mol. The van der Waals surface area contributed by atoms with Crippen molar-refractivity contribution >= 4 is 39.3 Å². The van der Waals surface area contributed by atoms with Crippen LogP contribution < -0.4 is 4.90 Å². The molecule has 0 radical (unpaired) electrons. The normalized spacial score (nSPS) is 12.6. The van der Waals surface area contributed by atoms with Gasteiger partial charge in [-0.25, -0.2) is 9.88 Å². The van der Waals surface area contributed by atoms with Gasteiger partial charge in [-0.1, -0.05) is 84.9 Å². The summed E-state index contributed by atoms with van der Waals surface area (Å²) < 4.78 is 2.05. The van der Waals surface area contributed by atoms with Crippen LogP contribution in [0.3, 0.4) is 0 Å². The molecule has 2 amide bonds. The Balaban J connectivity index is 1.32. The van der Waals surface area contributed by atoms with Gasteiger partial charge in [-0.05, 0) is 59.7 Å². The predicted molar refractivity (Wildman–Crippen MR) is 172 cm³/mol. The van der Waals surface area contributed by atoms with Crippen LogP contribution in [0.5, 0.6) is 0 Å². The van der Waals surface area contributed by atoms with E-state index >= 15 is 0 Å². The molecule has 0 saturated carbocycles. The second-order valence-electron chi connectivity index (χ2n) is 10.7. The summed E-state index contributed by atoms with van der Waals surface area (Å²) in [5.41, 5.74) is 7.44. The number of carbonyl (C=O) groups is 2. The van der Waals surface area contributed by atoms with Gasteiger partial charge in [-0.15, -0.1) is 0 Å². The standard InChI is InChI=1S/C38H22N4O2/c39-23-27-12-7-16-32(40-27)26-19-20-30-29-14-4-5-17-33(29)42(35(30)22-26)34-18-8-15-31-36(34)38(44)41(37(31)43)28-13-6-11-25(21-28)24-9-2-1-3-10-24/h1-22H. The molecule has 0 spiro atoms. The van der Waals surface area contributed by atoms with Crippen LogP contribution in [0.1, 0.15) is 26.4 Å². The van der Waals surface area contributed by atoms with Crippen LogP contribution in [-0.4, -0.2) is 21.4 Å². The first-order valence-corrected chi connectivity index (χ1v) is 14.2. The zero-order chi connectivity index (χ0) is 29.8. The fourth-order valence-corrected chi connectivity index (χ4v) is 6.19. The molecule has 1 aliphatic heterocycles. The highest BCUT2D eigenvalue weighted by atomic mass is 16.2. The smallest absolute Gasteiger partial charge is 0.268 e. The van der Waals surface area contributed by atoms with E-state index in [9.17, 15) is 14.9 Å². The fourth-order valence-electron chi connectivity index (χ4n) is 6.19. The number of para-hydroxylation sites is 1. The number of rotatable bonds is 4. The third-order valence-electron chi connectivity index (χ3n) is 8.18. The summed E-state index contributed by atoms with van der Waals surface area (Å²) in [6.45, 7) is 0. The quantitative estimate of drug-likeness (QED) is 0.201. The van der Waals surface area contributed by atoms with Crippen LogP contribution in [0.4, 0.5) is 5.69 Å². The highest BCUT2D eigenvalue weighted by molar-refractivity contribution is 6.36. The topological polar surface area (TPSA) is 79.0 Å². The van der Waals surface area contributed by atoms with Crippen molar-refractivity contribution in [3.63, 3.8) is 0 Å². The van der Waals surface area contributed by atoms with Crippen LogP contribution in [0.2, 0.25) is 0 Å². The van der Waals surface area contributed by atoms with E-state index in [0.717, 1.165) is 38.5 Å². The van der Waals surface area contributed by atoms with Crippen molar-refractivity contribution in [3.8, 4) is 34.1 Å². The van der Waals surface area contributed by atoms with Crippen molar-refractivity contribution in [1.82, 2.24) is 9.55 Å². The summed E-state index contributed by atoms with van der Waals surface area (Å²) in [5, 5.41) is 11.4. The maximum atomic E-state index is 14.3. The lowest BCUT2D eigenvalue weighted by Crippen LogP contribution is -2.29. The predicted octanol–water partition coefficient (Wildman–Crippen LogP) is 8.18. The number of nitrogens with zero attached hydrogens (tertiary/aromatic N) is 4. The molecule has 0 atom stereocenters. The van der Waals surface area contributed by atoms with Gasteiger partial charge in [0.15, 0.2) is 0 Å². The van der Waals surface area contributed by atoms with E-state index in [1.54, 1.807) is 18.2 Å². The van der Waals surface area contributed by atoms with Crippen LogP contribution in [-0.2, 0) is 0 Å². The molecule has 3 heterocycles. The molecule has 0 bridgehead atoms. The van der Waals surface area contributed by atoms with Crippen LogP contribution >= 0.6 is 0 Å². The van der Waals surface area contributed by atoms with Gasteiger partial charge in [0.25, 0.3) is 11.8 Å². The Labute approximate surface area is 252 Å². The Morgan fingerprint density at radius 2 is 1.34 bits per heavy atom. The highest BCUT2D eigenvalue weighted by Gasteiger charge is 2.39. The molecule has 8 rings (SSSR count). The third-order valence-corrected chi connectivity index (χ3v) is 8.18. The Morgan fingerprint density at radius 1 is 0.591 bits per heavy atom. The van der Waals surface area contributed by atoms with Gasteiger partial charge in [0.1, 0.15) is 11.8 Å². The van der Waals surface area contributed by atoms with Gasteiger partial charge in [-0.2, -0.15) is 5.26 Å². The summed E-state index contributed by atoms with van der Waals surface area (Å²) in [4.78, 5) is 33.9. The first-order chi connectivity index (χ1) is 21.6. The molecule has 0 N–H and O–H groups in total. The maximum Gasteiger partial charge on any atom is 0.268 e. The SMILES string of the molecule is N#Cc1cccc(-c2ccc3c4ccccc4n(-c4cccc5c4C(=O)N(c4cccc(-c6ccccc6)c4)C5=O)c3c2)n1. The third kappa shape index (κ3) is 3.84. The zero-order valence-electron chi connectivity index (χ0n) is 23.3. The lowest BCUT2D eigenvalue weighted by Gasteiger charge is -2.16. The molecule has 0 aliphatic carbocycles. The molecule has 1 aliphatic rings. The second kappa shape index (κ2) is 9.90. The van der Waals surface area contributed by atoms with Crippen molar-refractivity contribution in [2.45, 2.75) is 0 Å². The van der Waals surface area contributed by atoms with Gasteiger partial charge in [0.2, 0.25) is 0 Å². The number of fused-ring (bicyclic) bond motifs is 4. The van der Waals surface area contributed by atoms with E-state index in [4.69, 9.17) is 0 Å². The molecule has 2 aromatic heterocycles. The summed E-state index contributed by atoms with van der Waals surface area (Å²) in [6, 6.07) is 44.4. The van der Waals surface area contributed by atoms with E-state index < -0.39 is 0 Å². The van der Waals surface area contributed by atoms with Crippen LogP contribution in [0, 0.1) is 11.3 Å². The summed E-state index contributed by atoms with van der Waals surface area (Å²) in [5.74, 6) is -0.715. The average molecular weight is 567 g/mol. The molecule has 6 heteroatoms. The molecule has 206 valence electrons. The number of carbonyl (C=O) groups excluding carboxylic acids is 2. The van der Waals surface area contributed by atoms with Crippen molar-refractivity contribution in [2.75, 3.05) is 4.90 Å². The maximum absolute atomic E-state index is 14.3. The molecular weight excluding hydrogens is 544 g/mol. The summed E-state index contributed by atoms with van der Waals surface area (Å²) in [7, 11) is 0. The molecule has 44 heavy (non-hydrogen) atoms. The van der Waals surface area contributed by atoms with E-state index in [1.165, 1.54) is 4.90 Å². The van der Waals surface area contributed by atoms with Gasteiger partial charge in [-0.3, -0.25) is 9.59 Å². The number of pyridine rings is 1. The van der Waals surface area contributed by atoms with E-state index in [-0.39, 0.29) is 11.8 Å². The van der Waals surface area contributed by atoms with Crippen molar-refractivity contribution in [3.05, 3.63) is 150 Å². The van der Waals surface area contributed by atoms with Gasteiger partial charge < -0.3 is 4.57 Å². The van der Waals surface area contributed by atoms with Crippen LogP contribution in [0.15, 0.2) is 133 Å². The second-order valence-corrected chi connectivity index (χ2v) is 10.7. The summed E-state index contributed by atoms with van der Waals surface area (Å²) >= 11 is 0. The molecule has 5 aromatic carbocycles. The van der Waals surface area contributed by atoms with Gasteiger partial charge >= 0.3 is 0 Å². The lowest BCUT2D eigenvalue weighted by atomic mass is 10.0. The zero-order valence-corrected chi connectivity index (χ0v) is 23.3. The number of anilines is 1. The Morgan fingerprint density at radius 3 is 2.20 bits per heavy atom. The highest BCUT2D eigenvalue weighted by Crippen LogP contribution is 2.39. The average Bonchev–Trinajstić information content (AvgIpc) is 3.55. The van der Waals surface area contributed by atoms with E-state index in [0.29, 0.717) is 33.9 Å². The van der Waals surface area contributed by atoms with Crippen molar-refractivity contribution < 1.29 is 9.59 Å². The first-order valence-electron chi connectivity index (χ1n) is 14.2. The Hall–Kier alpha value is -6.32.